The van der Waals surface area contributed by atoms with Gasteiger partial charge in [0.2, 0.25) is 0 Å². The van der Waals surface area contributed by atoms with Gasteiger partial charge in [0.25, 0.3) is 5.60 Å². The van der Waals surface area contributed by atoms with Crippen molar-refractivity contribution in [3.05, 3.63) is 34.9 Å². The normalized spacial score (nSPS) is 13.9. The van der Waals surface area contributed by atoms with E-state index in [9.17, 15) is 39.5 Å². The van der Waals surface area contributed by atoms with Crippen molar-refractivity contribution in [3.8, 4) is 6.07 Å². The topological polar surface area (TPSA) is 44.0 Å². The molecule has 0 fully saturated rings. The second-order valence-electron chi connectivity index (χ2n) is 4.08. The van der Waals surface area contributed by atoms with Crippen LogP contribution < -0.4 is 0 Å². The minimum atomic E-state index is -6.32. The van der Waals surface area contributed by atoms with E-state index in [0.29, 0.717) is 0 Å². The molecule has 0 bridgehead atoms. The number of halogens is 9. The van der Waals surface area contributed by atoms with E-state index in [1.165, 1.54) is 0 Å². The molecule has 1 N–H and O–H groups in total. The molecule has 0 aliphatic heterocycles. The molecule has 0 saturated carbocycles. The van der Waals surface area contributed by atoms with Crippen LogP contribution in [0.2, 0.25) is 0 Å². The van der Waals surface area contributed by atoms with E-state index in [-0.39, 0.29) is 12.1 Å². The largest absolute Gasteiger partial charge is 0.430 e. The minimum Gasteiger partial charge on any atom is -0.369 e. The molecular weight excluding hydrogens is 333 g/mol. The first kappa shape index (κ1) is 18.1. The third-order valence-electron chi connectivity index (χ3n) is 2.68. The highest BCUT2D eigenvalue weighted by atomic mass is 19.4. The quantitative estimate of drug-likeness (QED) is 0.790. The van der Waals surface area contributed by atoms with Gasteiger partial charge in [-0.25, -0.2) is 0 Å². The summed E-state index contributed by atoms with van der Waals surface area (Å²) >= 11 is 0. The highest BCUT2D eigenvalue weighted by Gasteiger charge is 2.71. The fraction of sp³-hybridized carbons (Fsp3) is 0.364. The van der Waals surface area contributed by atoms with Crippen LogP contribution in [0.5, 0.6) is 0 Å². The van der Waals surface area contributed by atoms with Crippen LogP contribution in [0, 0.1) is 11.3 Å². The Balaban J connectivity index is 3.72. The van der Waals surface area contributed by atoms with Gasteiger partial charge >= 0.3 is 18.5 Å². The van der Waals surface area contributed by atoms with E-state index in [4.69, 9.17) is 10.4 Å². The van der Waals surface area contributed by atoms with Gasteiger partial charge in [-0.3, -0.25) is 0 Å². The summed E-state index contributed by atoms with van der Waals surface area (Å²) < 4.78 is 113. The Bertz CT molecular complexity index is 592. The molecule has 0 aromatic heterocycles. The van der Waals surface area contributed by atoms with Crippen LogP contribution >= 0.6 is 0 Å². The third kappa shape index (κ3) is 2.83. The highest BCUT2D eigenvalue weighted by molar-refractivity contribution is 5.44. The van der Waals surface area contributed by atoms with Crippen LogP contribution in [-0.4, -0.2) is 17.5 Å². The van der Waals surface area contributed by atoms with Crippen LogP contribution in [0.25, 0.3) is 0 Å². The molecule has 122 valence electrons. The zero-order chi connectivity index (χ0) is 17.6. The number of alkyl halides is 9. The van der Waals surface area contributed by atoms with Crippen LogP contribution in [0.15, 0.2) is 18.2 Å². The van der Waals surface area contributed by atoms with Crippen LogP contribution in [-0.2, 0) is 11.8 Å². The van der Waals surface area contributed by atoms with E-state index in [0.717, 1.165) is 6.07 Å². The summed E-state index contributed by atoms with van der Waals surface area (Å²) in [6, 6.07) is 0.545. The van der Waals surface area contributed by atoms with Crippen molar-refractivity contribution in [1.82, 2.24) is 0 Å². The smallest absolute Gasteiger partial charge is 0.369 e. The maximum atomic E-state index is 12.6. The van der Waals surface area contributed by atoms with E-state index in [1.807, 2.05) is 0 Å². The summed E-state index contributed by atoms with van der Waals surface area (Å²) in [5, 5.41) is 17.4. The fourth-order valence-electron chi connectivity index (χ4n) is 1.59. The summed E-state index contributed by atoms with van der Waals surface area (Å²) in [7, 11) is 0. The van der Waals surface area contributed by atoms with Crippen molar-refractivity contribution < 1.29 is 44.6 Å². The molecule has 11 heteroatoms. The van der Waals surface area contributed by atoms with Crippen molar-refractivity contribution in [1.29, 1.82) is 5.26 Å². The van der Waals surface area contributed by atoms with Gasteiger partial charge in [-0.15, -0.1) is 0 Å². The van der Waals surface area contributed by atoms with Gasteiger partial charge in [-0.1, -0.05) is 6.07 Å². The number of rotatable bonds is 1. The van der Waals surface area contributed by atoms with Crippen LogP contribution in [0.1, 0.15) is 16.7 Å². The first-order valence-corrected chi connectivity index (χ1v) is 5.14. The summed E-state index contributed by atoms with van der Waals surface area (Å²) in [5.41, 5.74) is -10.8. The molecule has 0 amide bonds. The minimum absolute atomic E-state index is 0.0330. The molecule has 1 rings (SSSR count). The lowest BCUT2D eigenvalue weighted by Gasteiger charge is -2.33. The number of hydrogen-bond donors (Lipinski definition) is 1. The molecule has 2 nitrogen and oxygen atoms in total. The standard InChI is InChI=1S/C11H4F9NO/c12-9(13,14)7-3-6(2-1-5(7)4-21)8(22,10(15,16)17)11(18,19)20/h1-3,22H. The van der Waals surface area contributed by atoms with E-state index in [1.54, 1.807) is 0 Å². The Morgan fingerprint density at radius 2 is 1.32 bits per heavy atom. The Labute approximate surface area is 116 Å². The molecule has 0 heterocycles. The van der Waals surface area contributed by atoms with Gasteiger partial charge in [0.15, 0.2) is 0 Å². The first-order chi connectivity index (χ1) is 9.66. The van der Waals surface area contributed by atoms with Crippen molar-refractivity contribution in [2.45, 2.75) is 24.1 Å². The molecule has 0 aliphatic carbocycles. The fourth-order valence-corrected chi connectivity index (χ4v) is 1.59. The number of hydrogen-bond acceptors (Lipinski definition) is 2. The number of benzene rings is 1. The van der Waals surface area contributed by atoms with Crippen molar-refractivity contribution in [3.63, 3.8) is 0 Å². The van der Waals surface area contributed by atoms with Gasteiger partial charge in [0.05, 0.1) is 17.2 Å². The maximum absolute atomic E-state index is 12.6. The van der Waals surface area contributed by atoms with Gasteiger partial charge in [0, 0.05) is 5.56 Å². The van der Waals surface area contributed by atoms with E-state index < -0.39 is 46.9 Å². The van der Waals surface area contributed by atoms with E-state index >= 15 is 0 Å². The SMILES string of the molecule is N#Cc1ccc(C(O)(C(F)(F)F)C(F)(F)F)cc1C(F)(F)F. The van der Waals surface area contributed by atoms with Gasteiger partial charge in [-0.05, 0) is 12.1 Å². The molecule has 1 aromatic carbocycles. The predicted octanol–water partition coefficient (Wildman–Crippen LogP) is 3.89. The molecule has 1 aromatic rings. The summed E-state index contributed by atoms with van der Waals surface area (Å²) in [5.74, 6) is 0. The average Bonchev–Trinajstić information content (AvgIpc) is 2.33. The van der Waals surface area contributed by atoms with E-state index in [2.05, 4.69) is 0 Å². The zero-order valence-corrected chi connectivity index (χ0v) is 10.0. The molecular formula is C11H4F9NO. The lowest BCUT2D eigenvalue weighted by molar-refractivity contribution is -0.376. The number of nitrogens with zero attached hydrogens (tertiary/aromatic N) is 1. The molecule has 0 spiro atoms. The maximum Gasteiger partial charge on any atom is 0.430 e. The van der Waals surface area contributed by atoms with Crippen molar-refractivity contribution in [2.75, 3.05) is 0 Å². The Hall–Kier alpha value is -1.96. The van der Waals surface area contributed by atoms with Crippen LogP contribution in [0.3, 0.4) is 0 Å². The Morgan fingerprint density at radius 3 is 1.64 bits per heavy atom. The van der Waals surface area contributed by atoms with Gasteiger partial charge < -0.3 is 5.11 Å². The highest BCUT2D eigenvalue weighted by Crippen LogP contribution is 2.50. The molecule has 0 saturated heterocycles. The van der Waals surface area contributed by atoms with Crippen molar-refractivity contribution >= 4 is 0 Å². The Kier molecular flexibility index (Phi) is 4.15. The summed E-state index contributed by atoms with van der Waals surface area (Å²) in [6.07, 6.45) is -18.0. The summed E-state index contributed by atoms with van der Waals surface area (Å²) in [6.45, 7) is 0. The predicted molar refractivity (Wildman–Crippen MR) is 52.2 cm³/mol. The summed E-state index contributed by atoms with van der Waals surface area (Å²) in [4.78, 5) is 0. The van der Waals surface area contributed by atoms with Crippen LogP contribution in [0.4, 0.5) is 39.5 Å². The molecule has 0 aliphatic rings. The average molecular weight is 337 g/mol. The third-order valence-corrected chi connectivity index (χ3v) is 2.68. The molecule has 0 atom stereocenters. The van der Waals surface area contributed by atoms with Crippen molar-refractivity contribution in [2.24, 2.45) is 0 Å². The lowest BCUT2D eigenvalue weighted by Crippen LogP contribution is -2.54. The molecule has 22 heavy (non-hydrogen) atoms. The first-order valence-electron chi connectivity index (χ1n) is 5.14. The monoisotopic (exact) mass is 337 g/mol. The molecule has 0 unspecified atom stereocenters. The zero-order valence-electron chi connectivity index (χ0n) is 10.0. The second kappa shape index (κ2) is 5.05. The number of nitriles is 1. The lowest BCUT2D eigenvalue weighted by atomic mass is 9.89. The Morgan fingerprint density at radius 1 is 0.864 bits per heavy atom. The second-order valence-corrected chi connectivity index (χ2v) is 4.08. The number of aliphatic hydroxyl groups is 1. The molecule has 0 radical (unpaired) electrons. The van der Waals surface area contributed by atoms with Gasteiger partial charge in [-0.2, -0.15) is 44.8 Å². The van der Waals surface area contributed by atoms with Gasteiger partial charge in [0.1, 0.15) is 0 Å².